The third-order valence-electron chi connectivity index (χ3n) is 3.73. The first-order valence-corrected chi connectivity index (χ1v) is 7.56. The average Bonchev–Trinajstić information content (AvgIpc) is 2.39. The zero-order valence-electron chi connectivity index (χ0n) is 11.0. The number of benzene rings is 1. The van der Waals surface area contributed by atoms with Gasteiger partial charge in [0.2, 0.25) is 0 Å². The first-order chi connectivity index (χ1) is 8.79. The van der Waals surface area contributed by atoms with Crippen molar-refractivity contribution in [3.05, 3.63) is 34.3 Å². The second-order valence-corrected chi connectivity index (χ2v) is 6.02. The molecule has 1 aliphatic rings. The van der Waals surface area contributed by atoms with Gasteiger partial charge in [0.1, 0.15) is 0 Å². The molecule has 100 valence electrons. The average molecular weight is 312 g/mol. The van der Waals surface area contributed by atoms with Gasteiger partial charge in [-0.1, -0.05) is 28.1 Å². The Hall–Kier alpha value is -0.380. The molecule has 0 saturated carbocycles. The Kier molecular flexibility index (Phi) is 5.67. The Morgan fingerprint density at radius 1 is 1.39 bits per heavy atom. The Labute approximate surface area is 118 Å². The highest BCUT2D eigenvalue weighted by molar-refractivity contribution is 9.10. The number of hydrogen-bond acceptors (Lipinski definition) is 2. The second kappa shape index (κ2) is 7.27. The molecular weight excluding hydrogens is 290 g/mol. The molecule has 1 aromatic rings. The van der Waals surface area contributed by atoms with Crippen LogP contribution in [0.1, 0.15) is 30.7 Å². The lowest BCUT2D eigenvalue weighted by Gasteiger charge is -2.27. The second-order valence-electron chi connectivity index (χ2n) is 5.10. The molecule has 0 aromatic heterocycles. The summed E-state index contributed by atoms with van der Waals surface area (Å²) < 4.78 is 6.62. The fourth-order valence-corrected chi connectivity index (χ4v) is 3.15. The molecule has 0 bridgehead atoms. The highest BCUT2D eigenvalue weighted by Gasteiger charge is 2.20. The van der Waals surface area contributed by atoms with Crippen LogP contribution in [0, 0.1) is 5.92 Å². The van der Waals surface area contributed by atoms with E-state index in [-0.39, 0.29) is 0 Å². The molecule has 2 rings (SSSR count). The Morgan fingerprint density at radius 3 is 2.83 bits per heavy atom. The van der Waals surface area contributed by atoms with E-state index in [4.69, 9.17) is 4.74 Å². The molecule has 1 fully saturated rings. The quantitative estimate of drug-likeness (QED) is 0.897. The van der Waals surface area contributed by atoms with Crippen molar-refractivity contribution in [1.82, 2.24) is 5.32 Å². The Morgan fingerprint density at radius 2 is 2.17 bits per heavy atom. The monoisotopic (exact) mass is 311 g/mol. The van der Waals surface area contributed by atoms with Crippen LogP contribution >= 0.6 is 15.9 Å². The summed E-state index contributed by atoms with van der Waals surface area (Å²) >= 11 is 3.57. The summed E-state index contributed by atoms with van der Waals surface area (Å²) in [5.74, 6) is 1.42. The molecule has 1 aliphatic heterocycles. The molecule has 1 unspecified atom stereocenters. The van der Waals surface area contributed by atoms with Crippen LogP contribution in [0.2, 0.25) is 0 Å². The topological polar surface area (TPSA) is 21.3 Å². The predicted molar refractivity (Wildman–Crippen MR) is 79.0 cm³/mol. The summed E-state index contributed by atoms with van der Waals surface area (Å²) in [6, 6.07) is 8.72. The van der Waals surface area contributed by atoms with E-state index in [1.165, 1.54) is 29.3 Å². The van der Waals surface area contributed by atoms with Crippen molar-refractivity contribution in [3.8, 4) is 0 Å². The normalized spacial score (nSPS) is 18.8. The molecule has 0 amide bonds. The smallest absolute Gasteiger partial charge is 0.0468 e. The number of halogens is 1. The number of ether oxygens (including phenoxy) is 1. The SMILES string of the molecule is CNCC(CC1CCOCC1)c1cccc(Br)c1. The van der Waals surface area contributed by atoms with Gasteiger partial charge in [-0.25, -0.2) is 0 Å². The summed E-state index contributed by atoms with van der Waals surface area (Å²) in [5.41, 5.74) is 1.44. The molecular formula is C15H22BrNO. The van der Waals surface area contributed by atoms with E-state index in [0.29, 0.717) is 5.92 Å². The van der Waals surface area contributed by atoms with Gasteiger partial charge >= 0.3 is 0 Å². The van der Waals surface area contributed by atoms with Gasteiger partial charge in [-0.2, -0.15) is 0 Å². The molecule has 0 spiro atoms. The number of hydrogen-bond donors (Lipinski definition) is 1. The standard InChI is InChI=1S/C15H22BrNO/c1-17-11-14(9-12-5-7-18-8-6-12)13-3-2-4-15(16)10-13/h2-4,10,12,14,17H,5-9,11H2,1H3. The van der Waals surface area contributed by atoms with E-state index in [1.807, 2.05) is 7.05 Å². The van der Waals surface area contributed by atoms with E-state index < -0.39 is 0 Å². The van der Waals surface area contributed by atoms with Gasteiger partial charge in [-0.15, -0.1) is 0 Å². The van der Waals surface area contributed by atoms with E-state index in [1.54, 1.807) is 0 Å². The molecule has 1 aromatic carbocycles. The van der Waals surface area contributed by atoms with Crippen molar-refractivity contribution in [2.24, 2.45) is 5.92 Å². The van der Waals surface area contributed by atoms with Crippen LogP contribution in [0.25, 0.3) is 0 Å². The highest BCUT2D eigenvalue weighted by atomic mass is 79.9. The highest BCUT2D eigenvalue weighted by Crippen LogP contribution is 2.30. The molecule has 2 nitrogen and oxygen atoms in total. The van der Waals surface area contributed by atoms with Crippen LogP contribution in [0.15, 0.2) is 28.7 Å². The van der Waals surface area contributed by atoms with Gasteiger partial charge in [0.15, 0.2) is 0 Å². The minimum Gasteiger partial charge on any atom is -0.381 e. The van der Waals surface area contributed by atoms with Crippen LogP contribution in [0.4, 0.5) is 0 Å². The van der Waals surface area contributed by atoms with E-state index >= 15 is 0 Å². The zero-order valence-corrected chi connectivity index (χ0v) is 12.6. The minimum absolute atomic E-state index is 0.607. The Balaban J connectivity index is 2.02. The van der Waals surface area contributed by atoms with Crippen LogP contribution in [-0.4, -0.2) is 26.8 Å². The lowest BCUT2D eigenvalue weighted by molar-refractivity contribution is 0.0617. The van der Waals surface area contributed by atoms with E-state index in [9.17, 15) is 0 Å². The van der Waals surface area contributed by atoms with Crippen molar-refractivity contribution in [3.63, 3.8) is 0 Å². The van der Waals surface area contributed by atoms with Gasteiger partial charge in [0, 0.05) is 24.2 Å². The van der Waals surface area contributed by atoms with Crippen molar-refractivity contribution in [2.45, 2.75) is 25.2 Å². The summed E-state index contributed by atoms with van der Waals surface area (Å²) in [6.07, 6.45) is 3.70. The van der Waals surface area contributed by atoms with Crippen LogP contribution in [0.5, 0.6) is 0 Å². The van der Waals surface area contributed by atoms with Crippen molar-refractivity contribution < 1.29 is 4.74 Å². The summed E-state index contributed by atoms with van der Waals surface area (Å²) in [7, 11) is 2.04. The number of nitrogens with one attached hydrogen (secondary N) is 1. The lowest BCUT2D eigenvalue weighted by Crippen LogP contribution is -2.23. The van der Waals surface area contributed by atoms with Crippen molar-refractivity contribution in [2.75, 3.05) is 26.8 Å². The largest absolute Gasteiger partial charge is 0.381 e. The molecule has 1 saturated heterocycles. The molecule has 1 atom stereocenters. The fourth-order valence-electron chi connectivity index (χ4n) is 2.73. The van der Waals surface area contributed by atoms with Crippen molar-refractivity contribution in [1.29, 1.82) is 0 Å². The molecule has 3 heteroatoms. The maximum absolute atomic E-state index is 5.44. The lowest BCUT2D eigenvalue weighted by atomic mass is 9.85. The predicted octanol–water partition coefficient (Wildman–Crippen LogP) is 3.57. The van der Waals surface area contributed by atoms with Gasteiger partial charge in [0.25, 0.3) is 0 Å². The van der Waals surface area contributed by atoms with Crippen LogP contribution in [0.3, 0.4) is 0 Å². The third kappa shape index (κ3) is 4.08. The molecule has 0 aliphatic carbocycles. The molecule has 0 radical (unpaired) electrons. The third-order valence-corrected chi connectivity index (χ3v) is 4.22. The van der Waals surface area contributed by atoms with Gasteiger partial charge < -0.3 is 10.1 Å². The summed E-state index contributed by atoms with van der Waals surface area (Å²) in [5, 5.41) is 3.33. The fraction of sp³-hybridized carbons (Fsp3) is 0.600. The van der Waals surface area contributed by atoms with Gasteiger partial charge in [-0.3, -0.25) is 0 Å². The maximum Gasteiger partial charge on any atom is 0.0468 e. The summed E-state index contributed by atoms with van der Waals surface area (Å²) in [4.78, 5) is 0. The molecule has 1 N–H and O–H groups in total. The number of rotatable bonds is 5. The first-order valence-electron chi connectivity index (χ1n) is 6.77. The van der Waals surface area contributed by atoms with Gasteiger partial charge in [0.05, 0.1) is 0 Å². The van der Waals surface area contributed by atoms with Gasteiger partial charge in [-0.05, 0) is 55.8 Å². The van der Waals surface area contributed by atoms with Crippen molar-refractivity contribution >= 4 is 15.9 Å². The van der Waals surface area contributed by atoms with Crippen LogP contribution < -0.4 is 5.32 Å². The van der Waals surface area contributed by atoms with E-state index in [2.05, 4.69) is 45.5 Å². The minimum atomic E-state index is 0.607. The Bertz CT molecular complexity index is 363. The first kappa shape index (κ1) is 14.0. The number of likely N-dealkylation sites (N-methyl/N-ethyl adjacent to an activating group) is 1. The van der Waals surface area contributed by atoms with E-state index in [0.717, 1.165) is 25.7 Å². The maximum atomic E-state index is 5.44. The van der Waals surface area contributed by atoms with Crippen LogP contribution in [-0.2, 0) is 4.74 Å². The summed E-state index contributed by atoms with van der Waals surface area (Å²) in [6.45, 7) is 2.93. The molecule has 18 heavy (non-hydrogen) atoms. The zero-order chi connectivity index (χ0) is 12.8. The molecule has 1 heterocycles.